The summed E-state index contributed by atoms with van der Waals surface area (Å²) >= 11 is 0. The van der Waals surface area contributed by atoms with Crippen molar-refractivity contribution in [2.24, 2.45) is 0 Å². The summed E-state index contributed by atoms with van der Waals surface area (Å²) in [6.45, 7) is 1.05. The number of rotatable bonds is 6. The summed E-state index contributed by atoms with van der Waals surface area (Å²) in [7, 11) is -3.42. The molecule has 176 valence electrons. The molecule has 3 rings (SSSR count). The average Bonchev–Trinajstić information content (AvgIpc) is 3.03. The second-order valence-electron chi connectivity index (χ2n) is 7.35. The number of hydrogen-bond donors (Lipinski definition) is 2. The number of aliphatic hydroxyl groups excluding tert-OH is 1. The molecule has 0 bridgehead atoms. The number of halogens is 4. The molecule has 2 aromatic carbocycles. The summed E-state index contributed by atoms with van der Waals surface area (Å²) in [5, 5.41) is 12.0. The molecule has 11 heteroatoms. The number of sulfone groups is 1. The number of carbonyl (C=O) groups excluding carboxylic acids is 1. The quantitative estimate of drug-likeness (QED) is 0.515. The van der Waals surface area contributed by atoms with Crippen LogP contribution in [0.3, 0.4) is 0 Å². The molecule has 3 aromatic rings. The molecule has 0 aliphatic rings. The van der Waals surface area contributed by atoms with Gasteiger partial charge in [-0.1, -0.05) is 0 Å². The topological polar surface area (TPSA) is 88.4 Å². The molecule has 6 nitrogen and oxygen atoms in total. The molecule has 0 saturated carbocycles. The zero-order valence-corrected chi connectivity index (χ0v) is 18.4. The average molecular weight is 484 g/mol. The Hall–Kier alpha value is -3.18. The van der Waals surface area contributed by atoms with Crippen LogP contribution in [0.1, 0.15) is 27.3 Å². The van der Waals surface area contributed by atoms with E-state index in [9.17, 15) is 35.9 Å². The lowest BCUT2D eigenvalue weighted by Crippen LogP contribution is -2.15. The van der Waals surface area contributed by atoms with Crippen LogP contribution in [0.25, 0.3) is 5.69 Å². The fourth-order valence-corrected chi connectivity index (χ4v) is 4.08. The van der Waals surface area contributed by atoms with E-state index < -0.39 is 33.3 Å². The second-order valence-corrected chi connectivity index (χ2v) is 9.37. The largest absolute Gasteiger partial charge is 0.418 e. The highest BCUT2D eigenvalue weighted by Crippen LogP contribution is 2.36. The van der Waals surface area contributed by atoms with E-state index in [1.165, 1.54) is 41.8 Å². The third-order valence-corrected chi connectivity index (χ3v) is 6.11. The van der Waals surface area contributed by atoms with Gasteiger partial charge in [0, 0.05) is 36.4 Å². The monoisotopic (exact) mass is 484 g/mol. The van der Waals surface area contributed by atoms with Gasteiger partial charge in [0.15, 0.2) is 9.84 Å². The first-order valence-corrected chi connectivity index (χ1v) is 11.5. The fraction of sp³-hybridized carbons (Fsp3) is 0.227. The summed E-state index contributed by atoms with van der Waals surface area (Å²) in [5.74, 6) is -1.71. The normalized spacial score (nSPS) is 12.1. The van der Waals surface area contributed by atoms with Gasteiger partial charge in [-0.3, -0.25) is 4.79 Å². The fourth-order valence-electron chi connectivity index (χ4n) is 3.45. The molecule has 0 atom stereocenters. The predicted molar refractivity (Wildman–Crippen MR) is 114 cm³/mol. The lowest BCUT2D eigenvalue weighted by molar-refractivity contribution is -0.137. The Morgan fingerprint density at radius 3 is 2.27 bits per heavy atom. The number of amides is 1. The number of aliphatic hydroxyl groups is 1. The summed E-state index contributed by atoms with van der Waals surface area (Å²) in [4.78, 5) is 12.9. The molecule has 33 heavy (non-hydrogen) atoms. The van der Waals surface area contributed by atoms with Crippen LogP contribution in [0, 0.1) is 12.7 Å². The van der Waals surface area contributed by atoms with Gasteiger partial charge in [0.2, 0.25) is 0 Å². The molecule has 1 amide bonds. The number of benzene rings is 2. The van der Waals surface area contributed by atoms with E-state index in [1.807, 2.05) is 0 Å². The number of nitrogens with zero attached hydrogens (tertiary/aromatic N) is 1. The van der Waals surface area contributed by atoms with Crippen LogP contribution in [-0.2, 0) is 22.4 Å². The van der Waals surface area contributed by atoms with Crippen LogP contribution in [0.15, 0.2) is 53.4 Å². The molecular weight excluding hydrogens is 464 g/mol. The molecular formula is C22H20F4N2O4S. The summed E-state index contributed by atoms with van der Waals surface area (Å²) in [6.07, 6.45) is -3.86. The maximum absolute atomic E-state index is 13.6. The molecule has 0 aliphatic heterocycles. The van der Waals surface area contributed by atoms with Gasteiger partial charge in [-0.15, -0.1) is 0 Å². The Morgan fingerprint density at radius 1 is 1.09 bits per heavy atom. The van der Waals surface area contributed by atoms with Crippen LogP contribution >= 0.6 is 0 Å². The van der Waals surface area contributed by atoms with Gasteiger partial charge < -0.3 is 15.0 Å². The minimum atomic E-state index is -4.85. The van der Waals surface area contributed by atoms with Gasteiger partial charge >= 0.3 is 6.18 Å². The van der Waals surface area contributed by atoms with Crippen molar-refractivity contribution in [3.05, 3.63) is 76.9 Å². The van der Waals surface area contributed by atoms with Gasteiger partial charge in [-0.2, -0.15) is 13.2 Å². The Kier molecular flexibility index (Phi) is 6.66. The van der Waals surface area contributed by atoms with Crippen molar-refractivity contribution in [2.45, 2.75) is 24.4 Å². The van der Waals surface area contributed by atoms with Crippen LogP contribution < -0.4 is 5.32 Å². The smallest absolute Gasteiger partial charge is 0.396 e. The summed E-state index contributed by atoms with van der Waals surface area (Å²) in [6, 6.07) is 8.99. The molecule has 2 N–H and O–H groups in total. The first-order valence-electron chi connectivity index (χ1n) is 9.63. The molecule has 0 radical (unpaired) electrons. The molecule has 0 fully saturated rings. The van der Waals surface area contributed by atoms with E-state index in [1.54, 1.807) is 0 Å². The molecule has 0 spiro atoms. The molecule has 0 unspecified atom stereocenters. The number of hydrogen-bond acceptors (Lipinski definition) is 4. The Balaban J connectivity index is 2.05. The lowest BCUT2D eigenvalue weighted by atomic mass is 10.1. The maximum Gasteiger partial charge on any atom is 0.418 e. The molecule has 0 aliphatic carbocycles. The zero-order valence-electron chi connectivity index (χ0n) is 17.6. The van der Waals surface area contributed by atoms with Crippen molar-refractivity contribution in [2.75, 3.05) is 18.2 Å². The van der Waals surface area contributed by atoms with Crippen molar-refractivity contribution >= 4 is 21.4 Å². The van der Waals surface area contributed by atoms with E-state index in [-0.39, 0.29) is 46.2 Å². The Labute approximate surface area is 187 Å². The van der Waals surface area contributed by atoms with Gasteiger partial charge in [-0.25, -0.2) is 12.8 Å². The van der Waals surface area contributed by atoms with Gasteiger partial charge in [0.1, 0.15) is 5.82 Å². The molecule has 1 heterocycles. The Morgan fingerprint density at radius 2 is 1.73 bits per heavy atom. The SMILES string of the molecule is Cc1c(C(=O)Nc2ccc(S(C)(=O)=O)cc2)cc(CCO)n1-c1ccc(F)cc1C(F)(F)F. The number of aromatic nitrogens is 1. The van der Waals surface area contributed by atoms with Gasteiger partial charge in [0.05, 0.1) is 21.7 Å². The van der Waals surface area contributed by atoms with E-state index in [2.05, 4.69) is 5.32 Å². The van der Waals surface area contributed by atoms with E-state index in [0.717, 1.165) is 18.4 Å². The number of anilines is 1. The van der Waals surface area contributed by atoms with Crippen molar-refractivity contribution in [1.29, 1.82) is 0 Å². The van der Waals surface area contributed by atoms with Crippen LogP contribution in [0.5, 0.6) is 0 Å². The van der Waals surface area contributed by atoms with Crippen molar-refractivity contribution in [3.8, 4) is 5.69 Å². The highest BCUT2D eigenvalue weighted by atomic mass is 32.2. The highest BCUT2D eigenvalue weighted by Gasteiger charge is 2.35. The van der Waals surface area contributed by atoms with Crippen LogP contribution in [-0.4, -0.2) is 36.9 Å². The second kappa shape index (κ2) is 8.99. The van der Waals surface area contributed by atoms with Gasteiger partial charge in [-0.05, 0) is 55.5 Å². The zero-order chi connectivity index (χ0) is 24.6. The van der Waals surface area contributed by atoms with Crippen LogP contribution in [0.2, 0.25) is 0 Å². The standard InChI is InChI=1S/C22H20F4N2O4S/c1-13-18(21(30)27-15-4-6-17(7-5-15)33(2,31)32)12-16(9-10-29)28(13)20-8-3-14(23)11-19(20)22(24,25)26/h3-8,11-12,29H,9-10H2,1-2H3,(H,27,30). The maximum atomic E-state index is 13.6. The minimum absolute atomic E-state index is 0.0445. The van der Waals surface area contributed by atoms with E-state index >= 15 is 0 Å². The van der Waals surface area contributed by atoms with E-state index in [0.29, 0.717) is 6.07 Å². The van der Waals surface area contributed by atoms with Crippen molar-refractivity contribution in [1.82, 2.24) is 4.57 Å². The molecule has 1 aromatic heterocycles. The predicted octanol–water partition coefficient (Wildman–Crippen LogP) is 4.13. The molecule has 0 saturated heterocycles. The third kappa shape index (κ3) is 5.25. The lowest BCUT2D eigenvalue weighted by Gasteiger charge is -2.18. The van der Waals surface area contributed by atoms with Crippen LogP contribution in [0.4, 0.5) is 23.2 Å². The Bertz CT molecular complexity index is 1300. The summed E-state index contributed by atoms with van der Waals surface area (Å²) < 4.78 is 78.6. The third-order valence-electron chi connectivity index (χ3n) is 4.98. The number of carbonyl (C=O) groups is 1. The van der Waals surface area contributed by atoms with Gasteiger partial charge in [0.25, 0.3) is 5.91 Å². The van der Waals surface area contributed by atoms with Crippen molar-refractivity contribution in [3.63, 3.8) is 0 Å². The van der Waals surface area contributed by atoms with E-state index in [4.69, 9.17) is 0 Å². The minimum Gasteiger partial charge on any atom is -0.396 e. The number of nitrogens with one attached hydrogen (secondary N) is 1. The highest BCUT2D eigenvalue weighted by molar-refractivity contribution is 7.90. The summed E-state index contributed by atoms with van der Waals surface area (Å²) in [5.41, 5.74) is -0.889. The first kappa shape index (κ1) is 24.5. The number of alkyl halides is 3. The first-order chi connectivity index (χ1) is 15.3. The van der Waals surface area contributed by atoms with Crippen molar-refractivity contribution < 1.29 is 35.9 Å².